The van der Waals surface area contributed by atoms with Crippen LogP contribution in [0.4, 0.5) is 5.69 Å². The Morgan fingerprint density at radius 3 is 2.41 bits per heavy atom. The molecule has 0 saturated carbocycles. The number of amides is 1. The minimum atomic E-state index is -0.952. The third kappa shape index (κ3) is 3.92. The topological polar surface area (TPSA) is 50.7 Å². The van der Waals surface area contributed by atoms with Gasteiger partial charge in [0.05, 0.1) is 18.0 Å². The van der Waals surface area contributed by atoms with E-state index >= 15 is 0 Å². The first-order valence-electron chi connectivity index (χ1n) is 8.60. The number of ether oxygens (including phenoxy) is 1. The van der Waals surface area contributed by atoms with E-state index in [0.717, 1.165) is 16.7 Å². The average Bonchev–Trinajstić information content (AvgIpc) is 2.84. The Morgan fingerprint density at radius 2 is 1.67 bits per heavy atom. The molecule has 3 aromatic rings. The van der Waals surface area contributed by atoms with Crippen molar-refractivity contribution < 1.29 is 9.53 Å². The highest BCUT2D eigenvalue weighted by molar-refractivity contribution is 6.32. The molecule has 0 saturated heterocycles. The summed E-state index contributed by atoms with van der Waals surface area (Å²) in [6.07, 6.45) is -0.952. The van der Waals surface area contributed by atoms with Crippen molar-refractivity contribution in [2.75, 3.05) is 5.32 Å². The van der Waals surface area contributed by atoms with Crippen molar-refractivity contribution in [1.82, 2.24) is 0 Å². The van der Waals surface area contributed by atoms with Crippen LogP contribution in [0, 0.1) is 0 Å². The number of carbonyl (C=O) groups excluding carboxylic acids is 1. The molecule has 5 heteroatoms. The summed E-state index contributed by atoms with van der Waals surface area (Å²) in [5.74, 6) is -0.305. The van der Waals surface area contributed by atoms with E-state index in [4.69, 9.17) is 16.3 Å². The van der Waals surface area contributed by atoms with E-state index in [-0.39, 0.29) is 5.91 Å². The fourth-order valence-electron chi connectivity index (χ4n) is 2.95. The zero-order valence-corrected chi connectivity index (χ0v) is 15.2. The molecule has 1 N–H and O–H groups in total. The van der Waals surface area contributed by atoms with Crippen molar-refractivity contribution in [2.24, 2.45) is 4.99 Å². The van der Waals surface area contributed by atoms with Gasteiger partial charge in [0.15, 0.2) is 0 Å². The predicted molar refractivity (Wildman–Crippen MR) is 107 cm³/mol. The highest BCUT2D eigenvalue weighted by Crippen LogP contribution is 2.27. The molecule has 0 aliphatic carbocycles. The van der Waals surface area contributed by atoms with Crippen molar-refractivity contribution in [3.05, 3.63) is 101 Å². The molecule has 3 aromatic carbocycles. The Kier molecular flexibility index (Phi) is 5.01. The number of fused-ring (bicyclic) bond motifs is 1. The minimum absolute atomic E-state index is 0.293. The Bertz CT molecular complexity index is 988. The van der Waals surface area contributed by atoms with Gasteiger partial charge in [-0.2, -0.15) is 0 Å². The molecular weight excluding hydrogens is 360 g/mol. The van der Waals surface area contributed by atoms with E-state index < -0.39 is 6.23 Å². The Hall–Kier alpha value is -2.95. The highest BCUT2D eigenvalue weighted by Gasteiger charge is 2.26. The van der Waals surface area contributed by atoms with Crippen molar-refractivity contribution in [3.63, 3.8) is 0 Å². The van der Waals surface area contributed by atoms with E-state index in [0.29, 0.717) is 23.0 Å². The summed E-state index contributed by atoms with van der Waals surface area (Å²) in [6, 6.07) is 24.7. The first-order chi connectivity index (χ1) is 13.2. The van der Waals surface area contributed by atoms with Crippen LogP contribution in [-0.4, -0.2) is 17.8 Å². The van der Waals surface area contributed by atoms with Crippen LogP contribution < -0.4 is 5.32 Å². The molecule has 0 aromatic heterocycles. The van der Waals surface area contributed by atoms with Crippen molar-refractivity contribution in [2.45, 2.75) is 12.8 Å². The number of aliphatic imine (C=N–C) groups is 1. The van der Waals surface area contributed by atoms with E-state index in [1.807, 2.05) is 66.7 Å². The summed E-state index contributed by atoms with van der Waals surface area (Å²) >= 11 is 6.20. The summed E-state index contributed by atoms with van der Waals surface area (Å²) in [5.41, 5.74) is 3.98. The zero-order chi connectivity index (χ0) is 18.6. The van der Waals surface area contributed by atoms with Crippen molar-refractivity contribution in [3.8, 4) is 0 Å². The van der Waals surface area contributed by atoms with Gasteiger partial charge in [0.2, 0.25) is 6.23 Å². The number of benzene rings is 3. The molecule has 134 valence electrons. The number of benzodiazepines with no additional fused rings is 1. The van der Waals surface area contributed by atoms with Gasteiger partial charge in [0.1, 0.15) is 0 Å². The summed E-state index contributed by atoms with van der Waals surface area (Å²) in [4.78, 5) is 17.3. The fourth-order valence-corrected chi connectivity index (χ4v) is 3.12. The number of hydrogen-bond donors (Lipinski definition) is 1. The lowest BCUT2D eigenvalue weighted by molar-refractivity contribution is -0.127. The molecule has 0 radical (unpaired) electrons. The molecule has 1 aliphatic rings. The zero-order valence-electron chi connectivity index (χ0n) is 14.4. The maximum absolute atomic E-state index is 12.7. The number of rotatable bonds is 4. The molecule has 4 rings (SSSR count). The van der Waals surface area contributed by atoms with Crippen LogP contribution in [0.15, 0.2) is 83.9 Å². The second kappa shape index (κ2) is 7.74. The van der Waals surface area contributed by atoms with E-state index in [1.54, 1.807) is 12.1 Å². The second-order valence-corrected chi connectivity index (χ2v) is 6.61. The molecular formula is C22H17ClN2O2. The first-order valence-corrected chi connectivity index (χ1v) is 8.98. The Balaban J connectivity index is 1.73. The number of nitrogens with zero attached hydrogens (tertiary/aromatic N) is 1. The number of hydrogen-bond acceptors (Lipinski definition) is 3. The number of halogens is 1. The highest BCUT2D eigenvalue weighted by atomic mass is 35.5. The molecule has 0 bridgehead atoms. The first kappa shape index (κ1) is 17.5. The maximum Gasteiger partial charge on any atom is 0.276 e. The molecule has 4 nitrogen and oxygen atoms in total. The summed E-state index contributed by atoms with van der Waals surface area (Å²) < 4.78 is 5.84. The van der Waals surface area contributed by atoms with Gasteiger partial charge in [-0.15, -0.1) is 0 Å². The fraction of sp³-hybridized carbons (Fsp3) is 0.0909. The molecule has 0 spiro atoms. The van der Waals surface area contributed by atoms with Crippen LogP contribution in [-0.2, 0) is 16.1 Å². The van der Waals surface area contributed by atoms with Gasteiger partial charge in [-0.3, -0.25) is 4.79 Å². The molecule has 1 amide bonds. The molecule has 1 unspecified atom stereocenters. The van der Waals surface area contributed by atoms with Crippen molar-refractivity contribution >= 4 is 28.9 Å². The monoisotopic (exact) mass is 376 g/mol. The summed E-state index contributed by atoms with van der Waals surface area (Å²) in [7, 11) is 0. The van der Waals surface area contributed by atoms with Crippen LogP contribution in [0.2, 0.25) is 5.02 Å². The van der Waals surface area contributed by atoms with Gasteiger partial charge in [0, 0.05) is 16.1 Å². The van der Waals surface area contributed by atoms with E-state index in [9.17, 15) is 4.79 Å². The quantitative estimate of drug-likeness (QED) is 0.719. The number of carbonyl (C=O) groups is 1. The Labute approximate surface area is 162 Å². The maximum atomic E-state index is 12.7. The van der Waals surface area contributed by atoms with Gasteiger partial charge in [0.25, 0.3) is 5.91 Å². The largest absolute Gasteiger partial charge is 0.343 e. The van der Waals surface area contributed by atoms with E-state index in [2.05, 4.69) is 10.3 Å². The SMILES string of the molecule is O=C1Nc2ccc(Cl)cc2C(c2ccccc2)=NC1OCc1ccccc1. The molecule has 1 atom stereocenters. The smallest absolute Gasteiger partial charge is 0.276 e. The van der Waals surface area contributed by atoms with Gasteiger partial charge in [-0.25, -0.2) is 4.99 Å². The van der Waals surface area contributed by atoms with Crippen molar-refractivity contribution in [1.29, 1.82) is 0 Å². The van der Waals surface area contributed by atoms with Gasteiger partial charge >= 0.3 is 0 Å². The lowest BCUT2D eigenvalue weighted by Gasteiger charge is -2.12. The normalized spacial score (nSPS) is 16.1. The van der Waals surface area contributed by atoms with E-state index in [1.165, 1.54) is 0 Å². The predicted octanol–water partition coefficient (Wildman–Crippen LogP) is 4.67. The van der Waals surface area contributed by atoms with Crippen LogP contribution in [0.5, 0.6) is 0 Å². The number of anilines is 1. The summed E-state index contributed by atoms with van der Waals surface area (Å²) in [6.45, 7) is 0.293. The van der Waals surface area contributed by atoms with Crippen LogP contribution in [0.3, 0.4) is 0 Å². The third-order valence-electron chi connectivity index (χ3n) is 4.26. The molecule has 0 fully saturated rings. The molecule has 1 aliphatic heterocycles. The standard InChI is InChI=1S/C22H17ClN2O2/c23-17-11-12-19-18(13-17)20(16-9-5-2-6-10-16)25-22(21(26)24-19)27-14-15-7-3-1-4-8-15/h1-13,22H,14H2,(H,24,26). The number of nitrogens with one attached hydrogen (secondary N) is 1. The average molecular weight is 377 g/mol. The van der Waals surface area contributed by atoms with Gasteiger partial charge in [-0.1, -0.05) is 72.3 Å². The van der Waals surface area contributed by atoms with Crippen LogP contribution >= 0.6 is 11.6 Å². The molecule has 27 heavy (non-hydrogen) atoms. The van der Waals surface area contributed by atoms with Crippen LogP contribution in [0.1, 0.15) is 16.7 Å². The van der Waals surface area contributed by atoms with Crippen LogP contribution in [0.25, 0.3) is 0 Å². The summed E-state index contributed by atoms with van der Waals surface area (Å²) in [5, 5.41) is 3.48. The lowest BCUT2D eigenvalue weighted by Crippen LogP contribution is -2.28. The second-order valence-electron chi connectivity index (χ2n) is 6.17. The third-order valence-corrected chi connectivity index (χ3v) is 4.50. The lowest BCUT2D eigenvalue weighted by atomic mass is 10.0. The molecule has 1 heterocycles. The van der Waals surface area contributed by atoms with Gasteiger partial charge < -0.3 is 10.1 Å². The minimum Gasteiger partial charge on any atom is -0.343 e. The van der Waals surface area contributed by atoms with Gasteiger partial charge in [-0.05, 0) is 23.8 Å². The Morgan fingerprint density at radius 1 is 0.963 bits per heavy atom.